The number of thiazole rings is 1. The van der Waals surface area contributed by atoms with Crippen LogP contribution in [0.25, 0.3) is 10.2 Å². The van der Waals surface area contributed by atoms with Gasteiger partial charge in [0.15, 0.2) is 0 Å². The van der Waals surface area contributed by atoms with E-state index in [0.717, 1.165) is 71.7 Å². The highest BCUT2D eigenvalue weighted by molar-refractivity contribution is 7.18. The summed E-state index contributed by atoms with van der Waals surface area (Å²) >= 11 is 1.65. The summed E-state index contributed by atoms with van der Waals surface area (Å²) in [6.45, 7) is 2.59. The second kappa shape index (κ2) is 16.3. The van der Waals surface area contributed by atoms with Crippen LogP contribution in [0.4, 0.5) is 11.4 Å². The molecule has 2 aromatic carbocycles. The van der Waals surface area contributed by atoms with Crippen LogP contribution in [-0.4, -0.2) is 89.1 Å². The van der Waals surface area contributed by atoms with E-state index in [4.69, 9.17) is 15.0 Å². The summed E-state index contributed by atoms with van der Waals surface area (Å²) in [6, 6.07) is 14.6. The number of fused-ring (bicyclic) bond motifs is 2. The summed E-state index contributed by atoms with van der Waals surface area (Å²) in [5.74, 6) is -0.974. The Balaban J connectivity index is 0.861. The van der Waals surface area contributed by atoms with E-state index in [0.29, 0.717) is 35.5 Å². The molecule has 15 heteroatoms. The number of benzene rings is 2. The highest BCUT2D eigenvalue weighted by atomic mass is 32.1. The molecule has 0 bridgehead atoms. The number of piperidine rings is 1. The maximum absolute atomic E-state index is 13.4. The monoisotopic (exact) mass is 762 g/mol. The van der Waals surface area contributed by atoms with Crippen molar-refractivity contribution in [1.82, 2.24) is 25.1 Å². The quantitative estimate of drug-likeness (QED) is 0.118. The van der Waals surface area contributed by atoms with Crippen molar-refractivity contribution in [3.8, 4) is 11.8 Å². The van der Waals surface area contributed by atoms with Crippen LogP contribution in [0.1, 0.15) is 99.2 Å². The van der Waals surface area contributed by atoms with E-state index in [2.05, 4.69) is 32.9 Å². The Morgan fingerprint density at radius 3 is 2.58 bits per heavy atom. The van der Waals surface area contributed by atoms with E-state index in [1.807, 2.05) is 18.2 Å². The fourth-order valence-corrected chi connectivity index (χ4v) is 8.90. The van der Waals surface area contributed by atoms with Crippen LogP contribution in [0, 0.1) is 17.2 Å². The molecule has 7 rings (SSSR count). The Morgan fingerprint density at radius 1 is 1.02 bits per heavy atom. The first-order chi connectivity index (χ1) is 26.6. The van der Waals surface area contributed by atoms with Gasteiger partial charge in [0.1, 0.15) is 29.2 Å². The molecule has 2 aromatic heterocycles. The molecule has 55 heavy (non-hydrogen) atoms. The van der Waals surface area contributed by atoms with Crippen molar-refractivity contribution in [2.75, 3.05) is 44.4 Å². The average Bonchev–Trinajstić information content (AvgIpc) is 3.72. The minimum absolute atomic E-state index is 0.0822. The number of methoxy groups -OCH3 is 1. The van der Waals surface area contributed by atoms with Crippen LogP contribution in [0.2, 0.25) is 0 Å². The summed E-state index contributed by atoms with van der Waals surface area (Å²) in [5.41, 5.74) is 2.81. The maximum Gasteiger partial charge on any atom is 0.274 e. The van der Waals surface area contributed by atoms with Gasteiger partial charge < -0.3 is 20.3 Å². The molecular formula is C40H42N8O6S. The summed E-state index contributed by atoms with van der Waals surface area (Å²) in [5, 5.41) is 18.7. The van der Waals surface area contributed by atoms with Crippen molar-refractivity contribution >= 4 is 62.5 Å². The number of ether oxygens (including phenoxy) is 1. The van der Waals surface area contributed by atoms with E-state index < -0.39 is 35.6 Å². The topological polar surface area (TPSA) is 187 Å². The number of hydrogen-bond acceptors (Lipinski definition) is 12. The van der Waals surface area contributed by atoms with E-state index >= 15 is 0 Å². The van der Waals surface area contributed by atoms with Crippen LogP contribution < -0.4 is 20.7 Å². The van der Waals surface area contributed by atoms with Crippen LogP contribution in [-0.2, 0) is 9.59 Å². The van der Waals surface area contributed by atoms with Crippen LogP contribution in [0.3, 0.4) is 0 Å². The Labute approximate surface area is 322 Å². The molecular weight excluding hydrogens is 721 g/mol. The number of nitriles is 1. The fourth-order valence-electron chi connectivity index (χ4n) is 7.74. The zero-order valence-electron chi connectivity index (χ0n) is 30.7. The molecule has 284 valence electrons. The molecule has 1 saturated carbocycles. The normalized spacial score (nSPS) is 19.7. The van der Waals surface area contributed by atoms with Gasteiger partial charge in [-0.25, -0.2) is 9.97 Å². The molecule has 1 unspecified atom stereocenters. The van der Waals surface area contributed by atoms with Crippen molar-refractivity contribution < 1.29 is 28.7 Å². The number of aromatic nitrogens is 2. The van der Waals surface area contributed by atoms with Gasteiger partial charge in [-0.1, -0.05) is 12.1 Å². The highest BCUT2D eigenvalue weighted by Crippen LogP contribution is 2.41. The first-order valence-corrected chi connectivity index (χ1v) is 19.4. The molecule has 4 heterocycles. The number of unbranched alkanes of at least 4 members (excludes halogenated alkanes) is 1. The minimum atomic E-state index is -0.989. The summed E-state index contributed by atoms with van der Waals surface area (Å²) in [4.78, 5) is 75.9. The van der Waals surface area contributed by atoms with Gasteiger partial charge in [0.05, 0.1) is 39.1 Å². The smallest absolute Gasteiger partial charge is 0.274 e. The van der Waals surface area contributed by atoms with Crippen molar-refractivity contribution in [1.29, 1.82) is 5.26 Å². The molecule has 2 fully saturated rings. The molecule has 1 atom stereocenters. The van der Waals surface area contributed by atoms with E-state index in [-0.39, 0.29) is 35.4 Å². The number of carbonyl (C=O) groups excluding carboxylic acids is 5. The Bertz CT molecular complexity index is 2210. The van der Waals surface area contributed by atoms with E-state index in [1.54, 1.807) is 54.8 Å². The van der Waals surface area contributed by atoms with Crippen molar-refractivity contribution in [3.63, 3.8) is 0 Å². The van der Waals surface area contributed by atoms with Gasteiger partial charge in [0.2, 0.25) is 11.8 Å². The first-order valence-electron chi connectivity index (χ1n) is 18.6. The molecule has 1 saturated heterocycles. The molecule has 4 aromatic rings. The lowest BCUT2D eigenvalue weighted by Crippen LogP contribution is -2.54. The van der Waals surface area contributed by atoms with Gasteiger partial charge in [-0.2, -0.15) is 5.26 Å². The lowest BCUT2D eigenvalue weighted by Gasteiger charge is -2.30. The van der Waals surface area contributed by atoms with E-state index in [9.17, 15) is 24.0 Å². The largest absolute Gasteiger partial charge is 0.494 e. The zero-order valence-corrected chi connectivity index (χ0v) is 31.5. The number of imide groups is 2. The molecule has 3 N–H and O–H groups in total. The lowest BCUT2D eigenvalue weighted by atomic mass is 9.82. The Kier molecular flexibility index (Phi) is 11.2. The Morgan fingerprint density at radius 2 is 1.82 bits per heavy atom. The van der Waals surface area contributed by atoms with Crippen LogP contribution in [0.15, 0.2) is 48.5 Å². The second-order valence-electron chi connectivity index (χ2n) is 14.3. The van der Waals surface area contributed by atoms with Gasteiger partial charge in [-0.05, 0) is 94.8 Å². The van der Waals surface area contributed by atoms with Crippen LogP contribution >= 0.6 is 11.3 Å². The minimum Gasteiger partial charge on any atom is -0.494 e. The number of hydrogen-bond donors (Lipinski definition) is 3. The first kappa shape index (κ1) is 37.6. The SMILES string of the molecule is COc1cc2nc(C3CCC(CN(C)CCCCNc4cccc5c4C(=O)N(C4CCC(=O)NC4=O)C5=O)CC3)sc2cc1NC(=O)c1cccc(C#N)n1. The third-order valence-electron chi connectivity index (χ3n) is 10.6. The van der Waals surface area contributed by atoms with Crippen LogP contribution in [0.5, 0.6) is 5.75 Å². The third-order valence-corrected chi connectivity index (χ3v) is 11.8. The predicted molar refractivity (Wildman–Crippen MR) is 206 cm³/mol. The van der Waals surface area contributed by atoms with Gasteiger partial charge in [-0.15, -0.1) is 11.3 Å². The maximum atomic E-state index is 13.4. The standard InChI is InChI=1S/C40H42N8O6S/c1-47(18-4-3-17-42-27-9-6-8-26-35(27)40(53)48(39(26)52)31-15-16-34(49)46-37(31)51)22-23-11-13-24(14-12-23)38-45-30-19-32(54-2)29(20-33(30)55-38)44-36(50)28-10-5-7-25(21-41)43-28/h5-10,19-20,23-24,31,42H,3-4,11-18,22H2,1-2H3,(H,44,50)(H,46,49,51). The fraction of sp³-hybridized carbons (Fsp3) is 0.400. The molecule has 0 spiro atoms. The van der Waals surface area contributed by atoms with Crippen molar-refractivity contribution in [2.24, 2.45) is 5.92 Å². The average molecular weight is 763 g/mol. The summed E-state index contributed by atoms with van der Waals surface area (Å²) in [7, 11) is 3.71. The molecule has 5 amide bonds. The van der Waals surface area contributed by atoms with Crippen molar-refractivity contribution in [3.05, 3.63) is 76.1 Å². The Hall–Kier alpha value is -5.72. The van der Waals surface area contributed by atoms with E-state index in [1.165, 1.54) is 0 Å². The number of nitrogens with one attached hydrogen (secondary N) is 3. The summed E-state index contributed by atoms with van der Waals surface area (Å²) in [6.07, 6.45) is 6.41. The number of amides is 5. The number of carbonyl (C=O) groups is 5. The number of pyridine rings is 1. The molecule has 0 radical (unpaired) electrons. The number of nitrogens with zero attached hydrogens (tertiary/aromatic N) is 5. The van der Waals surface area contributed by atoms with Crippen molar-refractivity contribution in [2.45, 2.75) is 63.3 Å². The lowest BCUT2D eigenvalue weighted by molar-refractivity contribution is -0.136. The molecule has 2 aliphatic heterocycles. The third kappa shape index (κ3) is 8.06. The number of rotatable bonds is 13. The predicted octanol–water partition coefficient (Wildman–Crippen LogP) is 5.32. The molecule has 1 aliphatic carbocycles. The van der Waals surface area contributed by atoms with Gasteiger partial charge in [-0.3, -0.25) is 34.2 Å². The van der Waals surface area contributed by atoms with Gasteiger partial charge >= 0.3 is 0 Å². The number of anilines is 2. The molecule has 3 aliphatic rings. The van der Waals surface area contributed by atoms with Gasteiger partial charge in [0, 0.05) is 37.2 Å². The molecule has 14 nitrogen and oxygen atoms in total. The summed E-state index contributed by atoms with van der Waals surface area (Å²) < 4.78 is 6.54. The zero-order chi connectivity index (χ0) is 38.6. The highest BCUT2D eigenvalue weighted by Gasteiger charge is 2.45. The van der Waals surface area contributed by atoms with Gasteiger partial charge in [0.25, 0.3) is 17.7 Å². The second-order valence-corrected chi connectivity index (χ2v) is 15.4.